The third kappa shape index (κ3) is 3.85. The average molecular weight is 458 g/mol. The van der Waals surface area contributed by atoms with Crippen LogP contribution in [0.4, 0.5) is 5.69 Å². The summed E-state index contributed by atoms with van der Waals surface area (Å²) in [6.45, 7) is 9.06. The molecular weight excluding hydrogens is 426 g/mol. The van der Waals surface area contributed by atoms with Crippen LogP contribution >= 0.6 is 0 Å². The van der Waals surface area contributed by atoms with Crippen molar-refractivity contribution in [3.8, 4) is 0 Å². The Hall–Kier alpha value is -3.61. The maximum absolute atomic E-state index is 13.4. The molecule has 0 unspecified atom stereocenters. The van der Waals surface area contributed by atoms with Gasteiger partial charge in [-0.2, -0.15) is 5.10 Å². The van der Waals surface area contributed by atoms with Gasteiger partial charge in [0, 0.05) is 54.2 Å². The van der Waals surface area contributed by atoms with Gasteiger partial charge in [-0.15, -0.1) is 0 Å². The van der Waals surface area contributed by atoms with E-state index in [4.69, 9.17) is 0 Å². The lowest BCUT2D eigenvalue weighted by Crippen LogP contribution is -2.54. The number of hydrogen-bond donors (Lipinski definition) is 0. The molecule has 0 bridgehead atoms. The molecule has 0 spiro atoms. The highest BCUT2D eigenvalue weighted by Gasteiger charge is 2.27. The lowest BCUT2D eigenvalue weighted by Gasteiger charge is -2.41. The first-order valence-electron chi connectivity index (χ1n) is 12.1. The number of carbonyl (C=O) groups excluding carboxylic acids is 1. The highest BCUT2D eigenvalue weighted by atomic mass is 16.2. The standard InChI is InChI=1S/C27H31N5O2/c1-4-12-31-24-11-6-5-10-22(24)23-16-28-32(27(34)26(23)31)18-25(33)29-13-14-30(20(3)17-29)21-9-7-8-19(2)15-21/h5-11,15-16,20H,4,12-14,17-18H2,1-3H3/t20-/m0/s1. The van der Waals surface area contributed by atoms with E-state index in [1.54, 1.807) is 6.20 Å². The lowest BCUT2D eigenvalue weighted by atomic mass is 10.1. The van der Waals surface area contributed by atoms with Gasteiger partial charge in [0.15, 0.2) is 0 Å². The van der Waals surface area contributed by atoms with Gasteiger partial charge in [-0.05, 0) is 44.0 Å². The predicted molar refractivity (Wildman–Crippen MR) is 136 cm³/mol. The van der Waals surface area contributed by atoms with Crippen molar-refractivity contribution in [3.63, 3.8) is 0 Å². The van der Waals surface area contributed by atoms with E-state index in [1.165, 1.54) is 15.9 Å². The first-order chi connectivity index (χ1) is 16.5. The molecule has 3 heterocycles. The number of fused-ring (bicyclic) bond motifs is 3. The molecule has 176 valence electrons. The minimum absolute atomic E-state index is 0.0421. The van der Waals surface area contributed by atoms with Crippen LogP contribution in [0.5, 0.6) is 0 Å². The molecule has 0 N–H and O–H groups in total. The van der Waals surface area contributed by atoms with Crippen LogP contribution in [0, 0.1) is 6.92 Å². The molecular formula is C27H31N5O2. The number of carbonyl (C=O) groups is 1. The summed E-state index contributed by atoms with van der Waals surface area (Å²) in [5.41, 5.74) is 3.87. The van der Waals surface area contributed by atoms with Gasteiger partial charge in [-0.3, -0.25) is 9.59 Å². The van der Waals surface area contributed by atoms with E-state index in [9.17, 15) is 9.59 Å². The Labute approximate surface area is 199 Å². The third-order valence-electron chi connectivity index (χ3n) is 6.82. The minimum atomic E-state index is -0.207. The number of benzene rings is 2. The first-order valence-corrected chi connectivity index (χ1v) is 12.1. The zero-order chi connectivity index (χ0) is 23.8. The summed E-state index contributed by atoms with van der Waals surface area (Å²) in [5, 5.41) is 6.26. The second-order valence-corrected chi connectivity index (χ2v) is 9.26. The summed E-state index contributed by atoms with van der Waals surface area (Å²) in [6.07, 6.45) is 2.65. The number of nitrogens with zero attached hydrogens (tertiary/aromatic N) is 5. The number of para-hydroxylation sites is 1. The molecule has 0 aliphatic carbocycles. The van der Waals surface area contributed by atoms with E-state index < -0.39 is 0 Å². The highest BCUT2D eigenvalue weighted by molar-refractivity contribution is 6.07. The fourth-order valence-corrected chi connectivity index (χ4v) is 5.16. The topological polar surface area (TPSA) is 63.4 Å². The maximum atomic E-state index is 13.4. The SMILES string of the molecule is CCCn1c2ccccc2c2cnn(CC(=O)N3CCN(c4cccc(C)c4)[C@@H](C)C3)c(=O)c21. The number of aryl methyl sites for hydroxylation is 2. The Morgan fingerprint density at radius 3 is 2.68 bits per heavy atom. The van der Waals surface area contributed by atoms with Crippen LogP contribution in [-0.4, -0.2) is 50.8 Å². The van der Waals surface area contributed by atoms with Crippen LogP contribution in [0.25, 0.3) is 21.8 Å². The molecule has 7 nitrogen and oxygen atoms in total. The number of piperazine rings is 1. The Kier molecular flexibility index (Phi) is 5.86. The quantitative estimate of drug-likeness (QED) is 0.457. The molecule has 0 saturated carbocycles. The van der Waals surface area contributed by atoms with Gasteiger partial charge in [0.25, 0.3) is 5.56 Å². The molecule has 0 radical (unpaired) electrons. The average Bonchev–Trinajstić information content (AvgIpc) is 3.15. The zero-order valence-corrected chi connectivity index (χ0v) is 20.1. The predicted octanol–water partition coefficient (Wildman–Crippen LogP) is 3.81. The van der Waals surface area contributed by atoms with Crippen molar-refractivity contribution >= 4 is 33.4 Å². The molecule has 34 heavy (non-hydrogen) atoms. The van der Waals surface area contributed by atoms with Crippen LogP contribution in [-0.2, 0) is 17.9 Å². The lowest BCUT2D eigenvalue weighted by molar-refractivity contribution is -0.132. The van der Waals surface area contributed by atoms with E-state index in [2.05, 4.69) is 59.6 Å². The molecule has 2 aromatic carbocycles. The van der Waals surface area contributed by atoms with Gasteiger partial charge in [-0.25, -0.2) is 4.68 Å². The Bertz CT molecular complexity index is 1420. The van der Waals surface area contributed by atoms with Gasteiger partial charge in [0.2, 0.25) is 5.91 Å². The van der Waals surface area contributed by atoms with E-state index in [-0.39, 0.29) is 24.1 Å². The molecule has 1 amide bonds. The second-order valence-electron chi connectivity index (χ2n) is 9.26. The summed E-state index contributed by atoms with van der Waals surface area (Å²) >= 11 is 0. The molecule has 5 rings (SSSR count). The Morgan fingerprint density at radius 1 is 1.09 bits per heavy atom. The molecule has 1 atom stereocenters. The van der Waals surface area contributed by atoms with Crippen molar-refractivity contribution in [1.29, 1.82) is 0 Å². The van der Waals surface area contributed by atoms with Gasteiger partial charge in [-0.1, -0.05) is 37.3 Å². The molecule has 2 aromatic heterocycles. The Morgan fingerprint density at radius 2 is 1.91 bits per heavy atom. The normalized spacial score (nSPS) is 16.5. The largest absolute Gasteiger partial charge is 0.365 e. The van der Waals surface area contributed by atoms with E-state index in [0.717, 1.165) is 35.8 Å². The van der Waals surface area contributed by atoms with Gasteiger partial charge in [0.1, 0.15) is 12.1 Å². The molecule has 4 aromatic rings. The maximum Gasteiger partial charge on any atom is 0.291 e. The summed E-state index contributed by atoms with van der Waals surface area (Å²) in [4.78, 5) is 30.8. The van der Waals surface area contributed by atoms with Crippen molar-refractivity contribution in [2.45, 2.75) is 46.3 Å². The molecule has 1 fully saturated rings. The first kappa shape index (κ1) is 22.2. The van der Waals surface area contributed by atoms with E-state index in [1.807, 2.05) is 29.2 Å². The van der Waals surface area contributed by atoms with Crippen molar-refractivity contribution in [2.24, 2.45) is 0 Å². The van der Waals surface area contributed by atoms with Crippen LogP contribution in [0.1, 0.15) is 25.8 Å². The molecule has 1 saturated heterocycles. The minimum Gasteiger partial charge on any atom is -0.365 e. The number of amides is 1. The smallest absolute Gasteiger partial charge is 0.291 e. The van der Waals surface area contributed by atoms with E-state index >= 15 is 0 Å². The fourth-order valence-electron chi connectivity index (χ4n) is 5.16. The number of rotatable bonds is 5. The van der Waals surface area contributed by atoms with Crippen LogP contribution < -0.4 is 10.5 Å². The molecule has 1 aliphatic rings. The van der Waals surface area contributed by atoms with Gasteiger partial charge in [0.05, 0.1) is 6.20 Å². The number of hydrogen-bond acceptors (Lipinski definition) is 4. The fraction of sp³-hybridized carbons (Fsp3) is 0.370. The highest BCUT2D eigenvalue weighted by Crippen LogP contribution is 2.26. The summed E-state index contributed by atoms with van der Waals surface area (Å²) in [6, 6.07) is 16.7. The summed E-state index contributed by atoms with van der Waals surface area (Å²) in [7, 11) is 0. The van der Waals surface area contributed by atoms with Crippen molar-refractivity contribution in [1.82, 2.24) is 19.2 Å². The molecule has 7 heteroatoms. The van der Waals surface area contributed by atoms with Crippen LogP contribution in [0.15, 0.2) is 59.5 Å². The molecule has 1 aliphatic heterocycles. The van der Waals surface area contributed by atoms with Crippen molar-refractivity contribution < 1.29 is 4.79 Å². The van der Waals surface area contributed by atoms with Crippen molar-refractivity contribution in [2.75, 3.05) is 24.5 Å². The summed E-state index contributed by atoms with van der Waals surface area (Å²) < 4.78 is 3.39. The number of aromatic nitrogens is 3. The Balaban J connectivity index is 1.39. The zero-order valence-electron chi connectivity index (χ0n) is 20.1. The monoisotopic (exact) mass is 457 g/mol. The van der Waals surface area contributed by atoms with Gasteiger partial charge < -0.3 is 14.4 Å². The summed E-state index contributed by atoms with van der Waals surface area (Å²) in [5.74, 6) is -0.0668. The van der Waals surface area contributed by atoms with E-state index in [0.29, 0.717) is 18.6 Å². The second kappa shape index (κ2) is 8.97. The van der Waals surface area contributed by atoms with Gasteiger partial charge >= 0.3 is 0 Å². The van der Waals surface area contributed by atoms with Crippen LogP contribution in [0.3, 0.4) is 0 Å². The van der Waals surface area contributed by atoms with Crippen LogP contribution in [0.2, 0.25) is 0 Å². The third-order valence-corrected chi connectivity index (χ3v) is 6.82. The number of anilines is 1. The van der Waals surface area contributed by atoms with Crippen molar-refractivity contribution in [3.05, 3.63) is 70.6 Å².